The number of piperazine rings is 1. The minimum Gasteiger partial charge on any atom is -0.346 e. The van der Waals surface area contributed by atoms with E-state index in [0.717, 1.165) is 65.6 Å². The quantitative estimate of drug-likeness (QED) is 0.314. The normalized spacial score (nSPS) is 16.7. The van der Waals surface area contributed by atoms with Crippen molar-refractivity contribution in [3.63, 3.8) is 0 Å². The molecule has 6 rings (SSSR count). The van der Waals surface area contributed by atoms with E-state index in [9.17, 15) is 18.0 Å². The van der Waals surface area contributed by atoms with Crippen molar-refractivity contribution in [3.8, 4) is 11.1 Å². The van der Waals surface area contributed by atoms with E-state index in [0.29, 0.717) is 12.8 Å². The van der Waals surface area contributed by atoms with Gasteiger partial charge in [-0.25, -0.2) is 4.98 Å². The van der Waals surface area contributed by atoms with Crippen LogP contribution in [0.15, 0.2) is 72.8 Å². The number of para-hydroxylation sites is 1. The molecular weight excluding hydrogens is 521 g/mol. The van der Waals surface area contributed by atoms with Crippen LogP contribution in [0.1, 0.15) is 24.0 Å². The number of fused-ring (bicyclic) bond motifs is 4. The lowest BCUT2D eigenvalue weighted by Gasteiger charge is -2.36. The van der Waals surface area contributed by atoms with Gasteiger partial charge in [-0.2, -0.15) is 13.2 Å². The molecule has 0 bridgehead atoms. The SMILES string of the molecule is O=C(NCC(F)(F)F)C1(CCCN2CCN(c3nc4ccccc4s3)CC2)c2ccccc2-c2ccccc21. The summed E-state index contributed by atoms with van der Waals surface area (Å²) in [4.78, 5) is 23.1. The molecule has 2 aliphatic rings. The number of carbonyl (C=O) groups excluding carboxylic acids is 1. The average Bonchev–Trinajstić information content (AvgIpc) is 3.50. The Bertz CT molecular complexity index is 1410. The molecule has 4 aromatic rings. The van der Waals surface area contributed by atoms with Gasteiger partial charge in [0.15, 0.2) is 5.13 Å². The Morgan fingerprint density at radius 2 is 1.51 bits per heavy atom. The molecule has 1 aliphatic heterocycles. The predicted molar refractivity (Wildman–Crippen MR) is 149 cm³/mol. The summed E-state index contributed by atoms with van der Waals surface area (Å²) in [5, 5.41) is 3.26. The van der Waals surface area contributed by atoms with Gasteiger partial charge in [-0.05, 0) is 53.8 Å². The fourth-order valence-corrected chi connectivity index (χ4v) is 7.03. The van der Waals surface area contributed by atoms with Crippen molar-refractivity contribution in [3.05, 3.63) is 83.9 Å². The molecule has 5 nitrogen and oxygen atoms in total. The van der Waals surface area contributed by atoms with E-state index in [1.54, 1.807) is 11.3 Å². The lowest BCUT2D eigenvalue weighted by atomic mass is 9.73. The number of rotatable bonds is 7. The highest BCUT2D eigenvalue weighted by molar-refractivity contribution is 7.22. The Labute approximate surface area is 229 Å². The number of amides is 1. The number of thiazole rings is 1. The highest BCUT2D eigenvalue weighted by atomic mass is 32.1. The van der Waals surface area contributed by atoms with Crippen LogP contribution in [0.3, 0.4) is 0 Å². The number of nitrogens with one attached hydrogen (secondary N) is 1. The largest absolute Gasteiger partial charge is 0.405 e. The smallest absolute Gasteiger partial charge is 0.346 e. The summed E-state index contributed by atoms with van der Waals surface area (Å²) in [6.07, 6.45) is -3.36. The van der Waals surface area contributed by atoms with E-state index < -0.39 is 24.0 Å². The summed E-state index contributed by atoms with van der Waals surface area (Å²) < 4.78 is 40.5. The van der Waals surface area contributed by atoms with Crippen LogP contribution in [-0.2, 0) is 10.2 Å². The lowest BCUT2D eigenvalue weighted by molar-refractivity contribution is -0.141. The summed E-state index contributed by atoms with van der Waals surface area (Å²) >= 11 is 1.71. The second-order valence-electron chi connectivity index (χ2n) is 10.2. The first kappa shape index (κ1) is 25.8. The molecule has 39 heavy (non-hydrogen) atoms. The highest BCUT2D eigenvalue weighted by Gasteiger charge is 2.49. The number of anilines is 1. The highest BCUT2D eigenvalue weighted by Crippen LogP contribution is 2.51. The van der Waals surface area contributed by atoms with Crippen molar-refractivity contribution in [2.24, 2.45) is 0 Å². The molecule has 3 aromatic carbocycles. The van der Waals surface area contributed by atoms with Crippen LogP contribution < -0.4 is 10.2 Å². The Balaban J connectivity index is 1.17. The molecule has 1 amide bonds. The number of nitrogens with zero attached hydrogens (tertiary/aromatic N) is 3. The molecule has 0 unspecified atom stereocenters. The second-order valence-corrected chi connectivity index (χ2v) is 11.2. The predicted octanol–water partition coefficient (Wildman–Crippen LogP) is 5.84. The fourth-order valence-electron chi connectivity index (χ4n) is 6.01. The fraction of sp³-hybridized carbons (Fsp3) is 0.333. The maximum Gasteiger partial charge on any atom is 0.405 e. The zero-order chi connectivity index (χ0) is 27.0. The number of hydrogen-bond donors (Lipinski definition) is 1. The van der Waals surface area contributed by atoms with Gasteiger partial charge in [0, 0.05) is 26.2 Å². The van der Waals surface area contributed by atoms with Crippen molar-refractivity contribution in [1.82, 2.24) is 15.2 Å². The van der Waals surface area contributed by atoms with Gasteiger partial charge < -0.3 is 10.2 Å². The molecule has 1 aliphatic carbocycles. The summed E-state index contributed by atoms with van der Waals surface area (Å²) in [7, 11) is 0. The lowest BCUT2D eigenvalue weighted by Crippen LogP contribution is -2.48. The molecule has 0 saturated carbocycles. The van der Waals surface area contributed by atoms with Crippen LogP contribution in [0.2, 0.25) is 0 Å². The van der Waals surface area contributed by atoms with Gasteiger partial charge in [0.2, 0.25) is 5.91 Å². The summed E-state index contributed by atoms with van der Waals surface area (Å²) in [5.41, 5.74) is 3.27. The van der Waals surface area contributed by atoms with Crippen molar-refractivity contribution in [1.29, 1.82) is 0 Å². The molecule has 0 atom stereocenters. The van der Waals surface area contributed by atoms with Gasteiger partial charge in [-0.1, -0.05) is 72.0 Å². The number of alkyl halides is 3. The minimum atomic E-state index is -4.47. The maximum atomic E-state index is 13.7. The maximum absolute atomic E-state index is 13.7. The summed E-state index contributed by atoms with van der Waals surface area (Å²) in [6.45, 7) is 2.90. The monoisotopic (exact) mass is 550 g/mol. The van der Waals surface area contributed by atoms with Crippen LogP contribution in [0.5, 0.6) is 0 Å². The van der Waals surface area contributed by atoms with Crippen LogP contribution in [0, 0.1) is 0 Å². The van der Waals surface area contributed by atoms with E-state index >= 15 is 0 Å². The average molecular weight is 551 g/mol. The second kappa shape index (κ2) is 10.3. The first-order valence-electron chi connectivity index (χ1n) is 13.2. The molecule has 0 spiro atoms. The van der Waals surface area contributed by atoms with Gasteiger partial charge in [0.05, 0.1) is 10.2 Å². The van der Waals surface area contributed by atoms with Crippen LogP contribution >= 0.6 is 11.3 Å². The van der Waals surface area contributed by atoms with Gasteiger partial charge in [-0.3, -0.25) is 9.69 Å². The van der Waals surface area contributed by atoms with E-state index in [1.807, 2.05) is 66.7 Å². The van der Waals surface area contributed by atoms with Gasteiger partial charge in [0.1, 0.15) is 12.0 Å². The molecule has 1 aromatic heterocycles. The van der Waals surface area contributed by atoms with Crippen molar-refractivity contribution in [2.45, 2.75) is 24.4 Å². The van der Waals surface area contributed by atoms with Gasteiger partial charge in [-0.15, -0.1) is 0 Å². The Kier molecular flexibility index (Phi) is 6.81. The van der Waals surface area contributed by atoms with Crippen LogP contribution in [0.25, 0.3) is 21.3 Å². The summed E-state index contributed by atoms with van der Waals surface area (Å²) in [5.74, 6) is -0.585. The summed E-state index contributed by atoms with van der Waals surface area (Å²) in [6, 6.07) is 23.4. The molecular formula is C30H29F3N4OS. The van der Waals surface area contributed by atoms with Crippen molar-refractivity contribution < 1.29 is 18.0 Å². The molecule has 1 N–H and O–H groups in total. The number of hydrogen-bond acceptors (Lipinski definition) is 5. The number of aromatic nitrogens is 1. The molecule has 1 fully saturated rings. The van der Waals surface area contributed by atoms with Crippen LogP contribution in [-0.4, -0.2) is 61.2 Å². The van der Waals surface area contributed by atoms with Crippen LogP contribution in [0.4, 0.5) is 18.3 Å². The number of halogens is 3. The standard InChI is InChI=1S/C30H29F3N4OS/c31-30(32,33)20-34-27(38)29(23-10-3-1-8-21(23)22-9-2-4-11-24(22)29)14-7-15-36-16-18-37(19-17-36)28-35-25-12-5-6-13-26(25)39-28/h1-6,8-13H,7,14-20H2,(H,34,38). The van der Waals surface area contributed by atoms with Crippen molar-refractivity contribution >= 4 is 32.6 Å². The molecule has 202 valence electrons. The number of benzene rings is 3. The third kappa shape index (κ3) is 4.89. The van der Waals surface area contributed by atoms with E-state index in [-0.39, 0.29) is 0 Å². The molecule has 9 heteroatoms. The minimum absolute atomic E-state index is 0.433. The molecule has 1 saturated heterocycles. The molecule has 2 heterocycles. The zero-order valence-electron chi connectivity index (χ0n) is 21.4. The third-order valence-corrected chi connectivity index (χ3v) is 8.95. The molecule has 0 radical (unpaired) electrons. The first-order valence-corrected chi connectivity index (χ1v) is 14.0. The Morgan fingerprint density at radius 1 is 0.897 bits per heavy atom. The number of carbonyl (C=O) groups is 1. The zero-order valence-corrected chi connectivity index (χ0v) is 22.2. The topological polar surface area (TPSA) is 48.5 Å². The van der Waals surface area contributed by atoms with Crippen molar-refractivity contribution in [2.75, 3.05) is 44.2 Å². The first-order chi connectivity index (χ1) is 18.8. The van der Waals surface area contributed by atoms with Gasteiger partial charge >= 0.3 is 6.18 Å². The van der Waals surface area contributed by atoms with E-state index in [1.165, 1.54) is 4.70 Å². The Hall–Kier alpha value is -3.43. The van der Waals surface area contributed by atoms with E-state index in [2.05, 4.69) is 21.2 Å². The van der Waals surface area contributed by atoms with Gasteiger partial charge in [0.25, 0.3) is 0 Å². The van der Waals surface area contributed by atoms with E-state index in [4.69, 9.17) is 4.98 Å². The third-order valence-electron chi connectivity index (χ3n) is 7.85. The Morgan fingerprint density at radius 3 is 2.15 bits per heavy atom.